The summed E-state index contributed by atoms with van der Waals surface area (Å²) in [6.45, 7) is 0.698. The lowest BCUT2D eigenvalue weighted by Gasteiger charge is -2.57. The van der Waals surface area contributed by atoms with Crippen molar-refractivity contribution in [3.63, 3.8) is 0 Å². The maximum atomic E-state index is 12.6. The van der Waals surface area contributed by atoms with E-state index in [1.165, 1.54) is 24.2 Å². The fourth-order valence-electron chi connectivity index (χ4n) is 5.67. The summed E-state index contributed by atoms with van der Waals surface area (Å²) in [5.41, 5.74) is 6.35. The zero-order chi connectivity index (χ0) is 13.9. The second-order valence-corrected chi connectivity index (χ2v) is 7.34. The normalized spacial score (nSPS) is 42.5. The summed E-state index contributed by atoms with van der Waals surface area (Å²) in [4.78, 5) is 26.0. The summed E-state index contributed by atoms with van der Waals surface area (Å²) in [6, 6.07) is 0. The molecule has 4 heteroatoms. The van der Waals surface area contributed by atoms with Gasteiger partial charge >= 0.3 is 0 Å². The summed E-state index contributed by atoms with van der Waals surface area (Å²) in [5, 5.41) is 0. The fourth-order valence-corrected chi connectivity index (χ4v) is 5.67. The largest absolute Gasteiger partial charge is 0.329 e. The van der Waals surface area contributed by atoms with E-state index in [1.54, 1.807) is 6.08 Å². The van der Waals surface area contributed by atoms with Gasteiger partial charge < -0.3 is 5.73 Å². The molecule has 0 radical (unpaired) electrons. The Morgan fingerprint density at radius 1 is 1.10 bits per heavy atom. The van der Waals surface area contributed by atoms with E-state index in [0.717, 1.165) is 42.6 Å². The average molecular weight is 274 g/mol. The molecule has 4 fully saturated rings. The Kier molecular flexibility index (Phi) is 2.62. The van der Waals surface area contributed by atoms with E-state index in [2.05, 4.69) is 0 Å². The second-order valence-electron chi connectivity index (χ2n) is 7.34. The first kappa shape index (κ1) is 12.6. The number of carbonyl (C=O) groups excluding carboxylic acids is 2. The Morgan fingerprint density at radius 3 is 2.15 bits per heavy atom. The molecule has 0 spiro atoms. The number of rotatable bonds is 3. The maximum Gasteiger partial charge on any atom is 0.257 e. The zero-order valence-corrected chi connectivity index (χ0v) is 11.8. The number of amides is 2. The maximum absolute atomic E-state index is 12.6. The molecule has 0 aromatic carbocycles. The Morgan fingerprint density at radius 2 is 1.65 bits per heavy atom. The number of carbonyl (C=O) groups is 2. The Labute approximate surface area is 119 Å². The van der Waals surface area contributed by atoms with E-state index < -0.39 is 0 Å². The molecule has 2 N–H and O–H groups in total. The van der Waals surface area contributed by atoms with Crippen LogP contribution in [-0.4, -0.2) is 29.8 Å². The zero-order valence-electron chi connectivity index (χ0n) is 11.8. The highest BCUT2D eigenvalue weighted by Gasteiger charge is 2.55. The van der Waals surface area contributed by atoms with Crippen molar-refractivity contribution >= 4 is 11.8 Å². The van der Waals surface area contributed by atoms with Crippen LogP contribution < -0.4 is 5.73 Å². The van der Waals surface area contributed by atoms with Crippen LogP contribution in [0.5, 0.6) is 0 Å². The van der Waals surface area contributed by atoms with Gasteiger partial charge in [0.1, 0.15) is 0 Å². The Bertz CT molecular complexity index is 473. The van der Waals surface area contributed by atoms with Crippen molar-refractivity contribution < 1.29 is 9.59 Å². The number of hydrogen-bond donors (Lipinski definition) is 1. The molecule has 0 atom stereocenters. The van der Waals surface area contributed by atoms with E-state index in [1.807, 2.05) is 0 Å². The highest BCUT2D eigenvalue weighted by Crippen LogP contribution is 2.63. The first-order valence-electron chi connectivity index (χ1n) is 7.89. The van der Waals surface area contributed by atoms with Crippen LogP contribution in [0.25, 0.3) is 0 Å². The number of imide groups is 1. The molecule has 2 amide bonds. The van der Waals surface area contributed by atoms with Gasteiger partial charge in [-0.15, -0.1) is 0 Å². The first-order chi connectivity index (χ1) is 9.61. The predicted octanol–water partition coefficient (Wildman–Crippen LogP) is 1.46. The molecule has 20 heavy (non-hydrogen) atoms. The molecule has 5 rings (SSSR count). The molecule has 1 heterocycles. The highest BCUT2D eigenvalue weighted by molar-refractivity contribution is 6.16. The van der Waals surface area contributed by atoms with Crippen LogP contribution in [0, 0.1) is 23.2 Å². The van der Waals surface area contributed by atoms with Crippen molar-refractivity contribution in [3.05, 3.63) is 11.6 Å². The molecule has 108 valence electrons. The van der Waals surface area contributed by atoms with Gasteiger partial charge in [0.2, 0.25) is 0 Å². The average Bonchev–Trinajstić information content (AvgIpc) is 2.66. The fraction of sp³-hybridized carbons (Fsp3) is 0.750. The van der Waals surface area contributed by atoms with Crippen molar-refractivity contribution in [2.75, 3.05) is 13.1 Å². The molecular formula is C16H22N2O2. The first-order valence-corrected chi connectivity index (χ1v) is 7.89. The van der Waals surface area contributed by atoms with Gasteiger partial charge in [0.15, 0.2) is 0 Å². The lowest BCUT2D eigenvalue weighted by Crippen LogP contribution is -2.48. The van der Waals surface area contributed by atoms with Gasteiger partial charge in [-0.05, 0) is 56.3 Å². The molecule has 4 bridgehead atoms. The molecule has 4 saturated carbocycles. The van der Waals surface area contributed by atoms with E-state index >= 15 is 0 Å². The molecular weight excluding hydrogens is 252 g/mol. The summed E-state index contributed by atoms with van der Waals surface area (Å²) in [7, 11) is 0. The monoisotopic (exact) mass is 274 g/mol. The van der Waals surface area contributed by atoms with Crippen LogP contribution in [-0.2, 0) is 9.59 Å². The van der Waals surface area contributed by atoms with Gasteiger partial charge in [0.25, 0.3) is 11.8 Å². The smallest absolute Gasteiger partial charge is 0.257 e. The second kappa shape index (κ2) is 4.17. The number of nitrogens with two attached hydrogens (primary N) is 1. The minimum Gasteiger partial charge on any atom is -0.329 e. The summed E-state index contributed by atoms with van der Waals surface area (Å²) in [5.74, 6) is 2.16. The topological polar surface area (TPSA) is 63.4 Å². The van der Waals surface area contributed by atoms with Gasteiger partial charge in [0, 0.05) is 30.2 Å². The predicted molar refractivity (Wildman–Crippen MR) is 74.5 cm³/mol. The van der Waals surface area contributed by atoms with Gasteiger partial charge in [0.05, 0.1) is 0 Å². The van der Waals surface area contributed by atoms with Crippen LogP contribution >= 0.6 is 0 Å². The van der Waals surface area contributed by atoms with E-state index in [9.17, 15) is 9.59 Å². The highest BCUT2D eigenvalue weighted by atomic mass is 16.2. The van der Waals surface area contributed by atoms with Crippen LogP contribution in [0.15, 0.2) is 11.6 Å². The van der Waals surface area contributed by atoms with Crippen molar-refractivity contribution in [2.45, 2.75) is 38.5 Å². The molecule has 0 aromatic heterocycles. The molecule has 0 unspecified atom stereocenters. The Balaban J connectivity index is 1.66. The van der Waals surface area contributed by atoms with Crippen LogP contribution in [0.3, 0.4) is 0 Å². The van der Waals surface area contributed by atoms with E-state index in [-0.39, 0.29) is 17.2 Å². The van der Waals surface area contributed by atoms with Crippen molar-refractivity contribution in [3.8, 4) is 0 Å². The van der Waals surface area contributed by atoms with Crippen LogP contribution in [0.2, 0.25) is 0 Å². The lowest BCUT2D eigenvalue weighted by atomic mass is 9.48. The minimum absolute atomic E-state index is 0.0187. The van der Waals surface area contributed by atoms with E-state index in [4.69, 9.17) is 5.73 Å². The minimum atomic E-state index is -0.147. The van der Waals surface area contributed by atoms with Crippen LogP contribution in [0.4, 0.5) is 0 Å². The van der Waals surface area contributed by atoms with Gasteiger partial charge in [-0.25, -0.2) is 0 Å². The summed E-state index contributed by atoms with van der Waals surface area (Å²) in [6.07, 6.45) is 9.05. The van der Waals surface area contributed by atoms with Gasteiger partial charge in [-0.1, -0.05) is 0 Å². The standard InChI is InChI=1S/C16H22N2O2/c17-1-2-18-14(19)6-13(15(18)20)16-7-10-3-11(8-16)5-12(4-10)9-16/h6,10-12H,1-5,7-9,17H2. The summed E-state index contributed by atoms with van der Waals surface area (Å²) < 4.78 is 0. The third-order valence-electron chi connectivity index (χ3n) is 5.97. The van der Waals surface area contributed by atoms with Crippen molar-refractivity contribution in [1.29, 1.82) is 0 Å². The van der Waals surface area contributed by atoms with Crippen molar-refractivity contribution in [1.82, 2.24) is 4.90 Å². The number of hydrogen-bond acceptors (Lipinski definition) is 3. The molecule has 0 saturated heterocycles. The third-order valence-corrected chi connectivity index (χ3v) is 5.97. The molecule has 1 aliphatic heterocycles. The summed E-state index contributed by atoms with van der Waals surface area (Å²) >= 11 is 0. The van der Waals surface area contributed by atoms with Crippen LogP contribution in [0.1, 0.15) is 38.5 Å². The third kappa shape index (κ3) is 1.63. The molecule has 0 aromatic rings. The van der Waals surface area contributed by atoms with E-state index in [0.29, 0.717) is 13.1 Å². The van der Waals surface area contributed by atoms with Crippen molar-refractivity contribution in [2.24, 2.45) is 28.9 Å². The molecule has 5 aliphatic rings. The number of nitrogens with zero attached hydrogens (tertiary/aromatic N) is 1. The Hall–Kier alpha value is -1.16. The SMILES string of the molecule is NCCN1C(=O)C=C(C23CC4CC(CC(C4)C2)C3)C1=O. The van der Waals surface area contributed by atoms with Gasteiger partial charge in [-0.2, -0.15) is 0 Å². The molecule has 4 aliphatic carbocycles. The quantitative estimate of drug-likeness (QED) is 0.792. The molecule has 4 nitrogen and oxygen atoms in total. The lowest BCUT2D eigenvalue weighted by molar-refractivity contribution is -0.138. The van der Waals surface area contributed by atoms with Gasteiger partial charge in [-0.3, -0.25) is 14.5 Å².